The van der Waals surface area contributed by atoms with Crippen LogP contribution in [-0.2, 0) is 6.18 Å². The van der Waals surface area contributed by atoms with Crippen LogP contribution in [0, 0.1) is 11.6 Å². The van der Waals surface area contributed by atoms with Gasteiger partial charge in [-0.25, -0.2) is 8.78 Å². The lowest BCUT2D eigenvalue weighted by Gasteiger charge is -2.36. The van der Waals surface area contributed by atoms with E-state index in [0.717, 1.165) is 24.3 Å². The minimum absolute atomic E-state index is 0.169. The molecule has 1 fully saturated rings. The fourth-order valence-corrected chi connectivity index (χ4v) is 3.14. The summed E-state index contributed by atoms with van der Waals surface area (Å²) >= 11 is 0. The summed E-state index contributed by atoms with van der Waals surface area (Å²) in [7, 11) is 0. The smallest absolute Gasteiger partial charge is 0.314 e. The molecule has 1 aliphatic heterocycles. The monoisotopic (exact) mass is 356 g/mol. The molecule has 0 aromatic heterocycles. The highest BCUT2D eigenvalue weighted by Gasteiger charge is 2.33. The number of nitrogens with one attached hydrogen (secondary N) is 1. The van der Waals surface area contributed by atoms with Crippen LogP contribution in [0.15, 0.2) is 42.5 Å². The molecular formula is C18H17F5N2. The Kier molecular flexibility index (Phi) is 5.06. The average molecular weight is 356 g/mol. The molecule has 1 heterocycles. The summed E-state index contributed by atoms with van der Waals surface area (Å²) in [4.78, 5) is 1.91. The molecule has 25 heavy (non-hydrogen) atoms. The van der Waals surface area contributed by atoms with Crippen molar-refractivity contribution >= 4 is 0 Å². The minimum Gasteiger partial charge on any atom is -0.314 e. The van der Waals surface area contributed by atoms with Gasteiger partial charge in [-0.3, -0.25) is 4.90 Å². The zero-order valence-electron chi connectivity index (χ0n) is 13.3. The van der Waals surface area contributed by atoms with Crippen LogP contribution in [0.1, 0.15) is 22.7 Å². The molecule has 0 amide bonds. The summed E-state index contributed by atoms with van der Waals surface area (Å²) in [6.45, 7) is 2.41. The van der Waals surface area contributed by atoms with Crippen molar-refractivity contribution in [3.63, 3.8) is 0 Å². The highest BCUT2D eigenvalue weighted by atomic mass is 19.4. The van der Waals surface area contributed by atoms with Crippen LogP contribution < -0.4 is 5.32 Å². The van der Waals surface area contributed by atoms with Gasteiger partial charge in [-0.05, 0) is 23.8 Å². The molecule has 0 saturated carbocycles. The molecule has 7 heteroatoms. The first kappa shape index (κ1) is 17.8. The minimum atomic E-state index is -4.48. The fraction of sp³-hybridized carbons (Fsp3) is 0.333. The summed E-state index contributed by atoms with van der Waals surface area (Å²) in [5, 5.41) is 3.16. The van der Waals surface area contributed by atoms with E-state index in [-0.39, 0.29) is 5.56 Å². The first-order valence-corrected chi connectivity index (χ1v) is 7.93. The standard InChI is InChI=1S/C18H17F5N2/c19-14-4-5-15(16(20)11-14)17(25-8-6-24-7-9-25)12-2-1-3-13(10-12)18(21,22)23/h1-5,10-11,17,24H,6-9H2. The SMILES string of the molecule is Fc1ccc(C(c2cccc(C(F)(F)F)c2)N2CCNCC2)c(F)c1. The van der Waals surface area contributed by atoms with E-state index < -0.39 is 29.4 Å². The number of hydrogen-bond donors (Lipinski definition) is 1. The molecule has 0 aliphatic carbocycles. The van der Waals surface area contributed by atoms with E-state index in [1.54, 1.807) is 6.07 Å². The van der Waals surface area contributed by atoms with Crippen molar-refractivity contribution in [2.45, 2.75) is 12.2 Å². The van der Waals surface area contributed by atoms with Crippen LogP contribution in [-0.4, -0.2) is 31.1 Å². The Morgan fingerprint density at radius 3 is 2.32 bits per heavy atom. The molecule has 1 saturated heterocycles. The molecule has 3 rings (SSSR count). The van der Waals surface area contributed by atoms with Gasteiger partial charge < -0.3 is 5.32 Å². The molecule has 0 radical (unpaired) electrons. The fourth-order valence-electron chi connectivity index (χ4n) is 3.14. The largest absolute Gasteiger partial charge is 0.416 e. The van der Waals surface area contributed by atoms with Crippen molar-refractivity contribution in [2.24, 2.45) is 0 Å². The molecule has 1 atom stereocenters. The number of hydrogen-bond acceptors (Lipinski definition) is 2. The van der Waals surface area contributed by atoms with Gasteiger partial charge in [0.05, 0.1) is 11.6 Å². The summed E-state index contributed by atoms with van der Waals surface area (Å²) in [5.41, 5.74) is -0.280. The van der Waals surface area contributed by atoms with Gasteiger partial charge in [0.1, 0.15) is 11.6 Å². The van der Waals surface area contributed by atoms with E-state index in [9.17, 15) is 22.0 Å². The van der Waals surface area contributed by atoms with Crippen LogP contribution in [0.2, 0.25) is 0 Å². The Bertz CT molecular complexity index is 738. The summed E-state index contributed by atoms with van der Waals surface area (Å²) < 4.78 is 66.8. The molecule has 0 bridgehead atoms. The lowest BCUT2D eigenvalue weighted by molar-refractivity contribution is -0.137. The molecule has 1 aliphatic rings. The molecule has 134 valence electrons. The van der Waals surface area contributed by atoms with Crippen molar-refractivity contribution in [3.05, 3.63) is 70.8 Å². The predicted octanol–water partition coefficient (Wildman–Crippen LogP) is 3.98. The summed E-state index contributed by atoms with van der Waals surface area (Å²) in [6.07, 6.45) is -4.48. The number of halogens is 5. The first-order chi connectivity index (χ1) is 11.9. The van der Waals surface area contributed by atoms with Crippen LogP contribution in [0.5, 0.6) is 0 Å². The van der Waals surface area contributed by atoms with Gasteiger partial charge in [0.25, 0.3) is 0 Å². The van der Waals surface area contributed by atoms with E-state index in [4.69, 9.17) is 0 Å². The Hall–Kier alpha value is -1.99. The van der Waals surface area contributed by atoms with Crippen LogP contribution >= 0.6 is 0 Å². The topological polar surface area (TPSA) is 15.3 Å². The Balaban J connectivity index is 2.08. The van der Waals surface area contributed by atoms with E-state index in [2.05, 4.69) is 5.32 Å². The number of piperazine rings is 1. The summed E-state index contributed by atoms with van der Waals surface area (Å²) in [5.74, 6) is -1.48. The second kappa shape index (κ2) is 7.09. The van der Waals surface area contributed by atoms with Gasteiger partial charge in [0.15, 0.2) is 0 Å². The van der Waals surface area contributed by atoms with E-state index >= 15 is 0 Å². The third-order valence-electron chi connectivity index (χ3n) is 4.30. The van der Waals surface area contributed by atoms with E-state index in [1.165, 1.54) is 12.1 Å². The van der Waals surface area contributed by atoms with Gasteiger partial charge in [0, 0.05) is 37.8 Å². The lowest BCUT2D eigenvalue weighted by atomic mass is 9.94. The first-order valence-electron chi connectivity index (χ1n) is 7.93. The highest BCUT2D eigenvalue weighted by Crippen LogP contribution is 2.35. The van der Waals surface area contributed by atoms with Crippen LogP contribution in [0.3, 0.4) is 0 Å². The van der Waals surface area contributed by atoms with Gasteiger partial charge >= 0.3 is 6.18 Å². The maximum atomic E-state index is 14.4. The van der Waals surface area contributed by atoms with Crippen molar-refractivity contribution in [2.75, 3.05) is 26.2 Å². The second-order valence-electron chi connectivity index (χ2n) is 5.98. The molecule has 2 aromatic carbocycles. The third-order valence-corrected chi connectivity index (χ3v) is 4.30. The number of nitrogens with zero attached hydrogens (tertiary/aromatic N) is 1. The Morgan fingerprint density at radius 2 is 1.68 bits per heavy atom. The average Bonchev–Trinajstić information content (AvgIpc) is 2.58. The zero-order valence-corrected chi connectivity index (χ0v) is 13.3. The van der Waals surface area contributed by atoms with Gasteiger partial charge in [0.2, 0.25) is 0 Å². The molecule has 1 N–H and O–H groups in total. The molecule has 0 spiro atoms. The van der Waals surface area contributed by atoms with Crippen molar-refractivity contribution < 1.29 is 22.0 Å². The number of rotatable bonds is 3. The Labute approximate surface area is 142 Å². The third kappa shape index (κ3) is 3.99. The van der Waals surface area contributed by atoms with Gasteiger partial charge in [-0.15, -0.1) is 0 Å². The maximum Gasteiger partial charge on any atom is 0.416 e. The van der Waals surface area contributed by atoms with E-state index in [1.807, 2.05) is 4.90 Å². The highest BCUT2D eigenvalue weighted by molar-refractivity contribution is 5.36. The van der Waals surface area contributed by atoms with Gasteiger partial charge in [-0.1, -0.05) is 18.2 Å². The van der Waals surface area contributed by atoms with Crippen molar-refractivity contribution in [3.8, 4) is 0 Å². The quantitative estimate of drug-likeness (QED) is 0.837. The lowest BCUT2D eigenvalue weighted by Crippen LogP contribution is -2.45. The van der Waals surface area contributed by atoms with E-state index in [0.29, 0.717) is 31.7 Å². The molecule has 2 aromatic rings. The second-order valence-corrected chi connectivity index (χ2v) is 5.98. The molecule has 1 unspecified atom stereocenters. The Morgan fingerprint density at radius 1 is 0.960 bits per heavy atom. The van der Waals surface area contributed by atoms with Crippen molar-refractivity contribution in [1.82, 2.24) is 10.2 Å². The number of alkyl halides is 3. The van der Waals surface area contributed by atoms with Crippen LogP contribution in [0.25, 0.3) is 0 Å². The molecule has 2 nitrogen and oxygen atoms in total. The van der Waals surface area contributed by atoms with Crippen LogP contribution in [0.4, 0.5) is 22.0 Å². The molecular weight excluding hydrogens is 339 g/mol. The zero-order chi connectivity index (χ0) is 18.0. The summed E-state index contributed by atoms with van der Waals surface area (Å²) in [6, 6.07) is 7.37. The number of benzene rings is 2. The predicted molar refractivity (Wildman–Crippen MR) is 84.1 cm³/mol. The normalized spacial score (nSPS) is 17.5. The van der Waals surface area contributed by atoms with Gasteiger partial charge in [-0.2, -0.15) is 13.2 Å². The maximum absolute atomic E-state index is 14.4. The van der Waals surface area contributed by atoms with Crippen molar-refractivity contribution in [1.29, 1.82) is 0 Å².